The molecule has 3 N–H and O–H groups in total. The number of nitrogens with two attached hydrogens (primary N) is 1. The first kappa shape index (κ1) is 15.5. The van der Waals surface area contributed by atoms with Gasteiger partial charge in [-0.05, 0) is 11.1 Å². The van der Waals surface area contributed by atoms with Gasteiger partial charge >= 0.3 is 22.5 Å². The summed E-state index contributed by atoms with van der Waals surface area (Å²) in [6.45, 7) is -0.0529. The van der Waals surface area contributed by atoms with Gasteiger partial charge in [0.05, 0.1) is 12.6 Å². The minimum Gasteiger partial charge on any atom is -0.447 e. The Kier molecular flexibility index (Phi) is 3.62. The van der Waals surface area contributed by atoms with E-state index in [0.29, 0.717) is 16.2 Å². The third-order valence-corrected chi connectivity index (χ3v) is 4.08. The number of hydrogen-bond acceptors (Lipinski definition) is 6. The van der Waals surface area contributed by atoms with E-state index in [1.54, 1.807) is 24.3 Å². The second kappa shape index (κ2) is 5.37. The van der Waals surface area contributed by atoms with E-state index in [-0.39, 0.29) is 13.2 Å². The van der Waals surface area contributed by atoms with Gasteiger partial charge < -0.3 is 15.4 Å². The Labute approximate surface area is 131 Å². The molecule has 23 heavy (non-hydrogen) atoms. The van der Waals surface area contributed by atoms with Crippen LogP contribution in [-0.4, -0.2) is 48.2 Å². The van der Waals surface area contributed by atoms with Crippen molar-refractivity contribution in [3.05, 3.63) is 35.4 Å². The number of primary amides is 1. The average molecular weight is 343 g/mol. The van der Waals surface area contributed by atoms with Gasteiger partial charge in [-0.2, -0.15) is 13.5 Å². The third-order valence-electron chi connectivity index (χ3n) is 3.74. The van der Waals surface area contributed by atoms with E-state index in [0.717, 1.165) is 0 Å². The fourth-order valence-electron chi connectivity index (χ4n) is 2.90. The van der Waals surface area contributed by atoms with Gasteiger partial charge in [0.15, 0.2) is 0 Å². The molecule has 2 aliphatic heterocycles. The molecule has 11 heteroatoms. The van der Waals surface area contributed by atoms with Gasteiger partial charge in [-0.3, -0.25) is 4.55 Å². The van der Waals surface area contributed by atoms with Crippen molar-refractivity contribution in [1.82, 2.24) is 9.96 Å². The molecule has 2 aliphatic rings. The van der Waals surface area contributed by atoms with Gasteiger partial charge in [0.25, 0.3) is 0 Å². The summed E-state index contributed by atoms with van der Waals surface area (Å²) >= 11 is 0. The fourth-order valence-corrected chi connectivity index (χ4v) is 3.27. The van der Waals surface area contributed by atoms with Gasteiger partial charge in [0, 0.05) is 0 Å². The van der Waals surface area contributed by atoms with Crippen LogP contribution >= 0.6 is 0 Å². The second-order valence-electron chi connectivity index (χ2n) is 5.05. The standard InChI is InChI=1S/C12H13N3O7S/c13-11(16)21-6-10-8-4-2-1-3-7(8)9-5-14(10)12(17)15(9)22-23(18,19)20/h1-4,9-10H,5-6H2,(H2,13,16)(H,18,19,20)/t9-,10+/m1/s1. The summed E-state index contributed by atoms with van der Waals surface area (Å²) in [6.07, 6.45) is -0.984. The van der Waals surface area contributed by atoms with Crippen molar-refractivity contribution < 1.29 is 31.6 Å². The molecule has 3 amide bonds. The van der Waals surface area contributed by atoms with E-state index in [4.69, 9.17) is 15.0 Å². The highest BCUT2D eigenvalue weighted by molar-refractivity contribution is 7.80. The quantitative estimate of drug-likeness (QED) is 0.752. The lowest BCUT2D eigenvalue weighted by Crippen LogP contribution is -2.37. The second-order valence-corrected chi connectivity index (χ2v) is 6.06. The monoisotopic (exact) mass is 343 g/mol. The van der Waals surface area contributed by atoms with Gasteiger partial charge in [-0.1, -0.05) is 24.3 Å². The van der Waals surface area contributed by atoms with Gasteiger partial charge in [0.1, 0.15) is 12.6 Å². The van der Waals surface area contributed by atoms with Crippen LogP contribution < -0.4 is 5.73 Å². The molecule has 0 saturated carbocycles. The smallest absolute Gasteiger partial charge is 0.418 e. The number of urea groups is 1. The summed E-state index contributed by atoms with van der Waals surface area (Å²) in [5.74, 6) is 0. The predicted octanol–water partition coefficient (Wildman–Crippen LogP) is 0.350. The topological polar surface area (TPSA) is 139 Å². The summed E-state index contributed by atoms with van der Waals surface area (Å²) in [7, 11) is -4.85. The highest BCUT2D eigenvalue weighted by Crippen LogP contribution is 2.44. The molecule has 2 heterocycles. The minimum absolute atomic E-state index is 0.123. The van der Waals surface area contributed by atoms with Crippen molar-refractivity contribution >= 4 is 22.5 Å². The number of carbonyl (C=O) groups is 2. The highest BCUT2D eigenvalue weighted by Gasteiger charge is 2.50. The SMILES string of the molecule is NC(=O)OC[C@H]1c2ccccc2[C@H]2CN1C(=O)N2OS(=O)(=O)O. The molecule has 2 bridgehead atoms. The minimum atomic E-state index is -4.85. The first-order valence-corrected chi connectivity index (χ1v) is 7.92. The van der Waals surface area contributed by atoms with E-state index in [9.17, 15) is 18.0 Å². The van der Waals surface area contributed by atoms with Crippen LogP contribution in [0.2, 0.25) is 0 Å². The maximum Gasteiger partial charge on any atom is 0.418 e. The molecule has 1 aromatic carbocycles. The maximum atomic E-state index is 12.4. The van der Waals surface area contributed by atoms with Crippen LogP contribution in [0.4, 0.5) is 9.59 Å². The van der Waals surface area contributed by atoms with Gasteiger partial charge in [-0.15, -0.1) is 4.28 Å². The third kappa shape index (κ3) is 2.81. The molecule has 0 aromatic heterocycles. The largest absolute Gasteiger partial charge is 0.447 e. The number of carbonyl (C=O) groups excluding carboxylic acids is 2. The molecular weight excluding hydrogens is 330 g/mol. The summed E-state index contributed by atoms with van der Waals surface area (Å²) in [4.78, 5) is 24.5. The zero-order chi connectivity index (χ0) is 16.8. The molecule has 2 atom stereocenters. The van der Waals surface area contributed by atoms with Crippen molar-refractivity contribution in [2.24, 2.45) is 5.73 Å². The van der Waals surface area contributed by atoms with Gasteiger partial charge in [-0.25, -0.2) is 9.59 Å². The van der Waals surface area contributed by atoms with E-state index in [1.807, 2.05) is 0 Å². The summed E-state index contributed by atoms with van der Waals surface area (Å²) in [5, 5.41) is 0.596. The number of fused-ring (bicyclic) bond motifs is 4. The lowest BCUT2D eigenvalue weighted by atomic mass is 9.91. The zero-order valence-electron chi connectivity index (χ0n) is 11.7. The Bertz CT molecular complexity index is 766. The molecule has 0 radical (unpaired) electrons. The number of rotatable bonds is 4. The Morgan fingerprint density at radius 1 is 1.35 bits per heavy atom. The van der Waals surface area contributed by atoms with Crippen LogP contribution in [-0.2, 0) is 19.4 Å². The molecule has 0 aliphatic carbocycles. The lowest BCUT2D eigenvalue weighted by molar-refractivity contribution is -0.0317. The molecule has 1 saturated heterocycles. The van der Waals surface area contributed by atoms with Crippen molar-refractivity contribution in [1.29, 1.82) is 0 Å². The number of nitrogens with zero attached hydrogens (tertiary/aromatic N) is 2. The molecule has 0 unspecified atom stereocenters. The van der Waals surface area contributed by atoms with Crippen LogP contribution in [0.15, 0.2) is 24.3 Å². The fraction of sp³-hybridized carbons (Fsp3) is 0.333. The van der Waals surface area contributed by atoms with Crippen LogP contribution in [0.25, 0.3) is 0 Å². The maximum absolute atomic E-state index is 12.4. The average Bonchev–Trinajstić information content (AvgIpc) is 2.73. The predicted molar refractivity (Wildman–Crippen MR) is 74.0 cm³/mol. The van der Waals surface area contributed by atoms with Crippen LogP contribution in [0.1, 0.15) is 23.2 Å². The highest BCUT2D eigenvalue weighted by atomic mass is 32.3. The summed E-state index contributed by atoms with van der Waals surface area (Å²) < 4.78 is 40.0. The first-order valence-electron chi connectivity index (χ1n) is 6.56. The van der Waals surface area contributed by atoms with E-state index in [1.165, 1.54) is 4.90 Å². The summed E-state index contributed by atoms with van der Waals surface area (Å²) in [6, 6.07) is 4.79. The number of amides is 3. The Balaban J connectivity index is 1.99. The molecule has 124 valence electrons. The van der Waals surface area contributed by atoms with Crippen LogP contribution in [0, 0.1) is 0 Å². The first-order chi connectivity index (χ1) is 10.8. The number of ether oxygens (including phenoxy) is 1. The van der Waals surface area contributed by atoms with E-state index in [2.05, 4.69) is 4.28 Å². The number of hydrogen-bond donors (Lipinski definition) is 2. The molecule has 1 fully saturated rings. The molecule has 3 rings (SSSR count). The molecule has 0 spiro atoms. The van der Waals surface area contributed by atoms with E-state index < -0.39 is 34.6 Å². The van der Waals surface area contributed by atoms with Crippen molar-refractivity contribution in [3.63, 3.8) is 0 Å². The normalized spacial score (nSPS) is 22.9. The Hall–Kier alpha value is -2.37. The van der Waals surface area contributed by atoms with E-state index >= 15 is 0 Å². The zero-order valence-corrected chi connectivity index (χ0v) is 12.5. The molecule has 10 nitrogen and oxygen atoms in total. The van der Waals surface area contributed by atoms with Crippen molar-refractivity contribution in [3.8, 4) is 0 Å². The van der Waals surface area contributed by atoms with Crippen LogP contribution in [0.3, 0.4) is 0 Å². The van der Waals surface area contributed by atoms with Crippen molar-refractivity contribution in [2.75, 3.05) is 13.2 Å². The van der Waals surface area contributed by atoms with Gasteiger partial charge in [0.2, 0.25) is 0 Å². The van der Waals surface area contributed by atoms with Crippen LogP contribution in [0.5, 0.6) is 0 Å². The molecule has 1 aromatic rings. The number of benzene rings is 1. The summed E-state index contributed by atoms with van der Waals surface area (Å²) in [5.41, 5.74) is 6.28. The Morgan fingerprint density at radius 3 is 2.61 bits per heavy atom. The molecular formula is C12H13N3O7S. The number of hydroxylamine groups is 2. The lowest BCUT2D eigenvalue weighted by Gasteiger charge is -2.32. The Morgan fingerprint density at radius 2 is 2.00 bits per heavy atom. The van der Waals surface area contributed by atoms with Crippen molar-refractivity contribution in [2.45, 2.75) is 12.1 Å².